The van der Waals surface area contributed by atoms with Gasteiger partial charge in [-0.15, -0.1) is 0 Å². The van der Waals surface area contributed by atoms with E-state index in [9.17, 15) is 13.2 Å². The Balaban J connectivity index is 2.05. The number of rotatable bonds is 4. The van der Waals surface area contributed by atoms with Crippen LogP contribution in [0.2, 0.25) is 0 Å². The van der Waals surface area contributed by atoms with E-state index in [-0.39, 0.29) is 16.9 Å². The highest BCUT2D eigenvalue weighted by atomic mass is 32.1. The van der Waals surface area contributed by atoms with Crippen molar-refractivity contribution in [1.29, 1.82) is 0 Å². The quantitative estimate of drug-likeness (QED) is 0.826. The summed E-state index contributed by atoms with van der Waals surface area (Å²) < 4.78 is 43.0. The van der Waals surface area contributed by atoms with Gasteiger partial charge in [0.05, 0.1) is 7.11 Å². The topological polar surface area (TPSA) is 72.0 Å². The van der Waals surface area contributed by atoms with Gasteiger partial charge < -0.3 is 15.4 Å². The Morgan fingerprint density at radius 1 is 1.35 bits per heavy atom. The maximum absolute atomic E-state index is 12.8. The fourth-order valence-corrected chi connectivity index (χ4v) is 1.72. The Labute approximate surface area is 135 Å². The van der Waals surface area contributed by atoms with Crippen LogP contribution in [0.5, 0.6) is 5.88 Å². The first-order valence-electron chi connectivity index (χ1n) is 6.32. The molecule has 0 aliphatic heterocycles. The van der Waals surface area contributed by atoms with Gasteiger partial charge in [0.15, 0.2) is 10.8 Å². The molecule has 6 nitrogen and oxygen atoms in total. The van der Waals surface area contributed by atoms with E-state index in [4.69, 9.17) is 17.0 Å². The minimum atomic E-state index is -4.61. The average Bonchev–Trinajstić information content (AvgIpc) is 2.52. The number of nitrogens with one attached hydrogen (secondary N) is 2. The summed E-state index contributed by atoms with van der Waals surface area (Å²) in [4.78, 5) is 11.1. The molecule has 0 amide bonds. The number of methoxy groups -OCH3 is 1. The molecule has 0 atom stereocenters. The Morgan fingerprint density at radius 3 is 2.74 bits per heavy atom. The molecule has 0 fully saturated rings. The largest absolute Gasteiger partial charge is 0.481 e. The molecule has 2 rings (SSSR count). The number of ether oxygens (including phenoxy) is 1. The lowest BCUT2D eigenvalue weighted by Crippen LogP contribution is -2.29. The monoisotopic (exact) mass is 343 g/mol. The van der Waals surface area contributed by atoms with E-state index < -0.39 is 11.9 Å². The van der Waals surface area contributed by atoms with Gasteiger partial charge in [-0.3, -0.25) is 4.98 Å². The third kappa shape index (κ3) is 5.02. The number of anilines is 1. The van der Waals surface area contributed by atoms with Crippen LogP contribution in [0.4, 0.5) is 19.1 Å². The molecule has 0 spiro atoms. The molecule has 2 aromatic rings. The maximum atomic E-state index is 12.8. The lowest BCUT2D eigenvalue weighted by atomic mass is 10.3. The van der Waals surface area contributed by atoms with E-state index in [1.54, 1.807) is 18.5 Å². The van der Waals surface area contributed by atoms with E-state index in [2.05, 4.69) is 25.6 Å². The van der Waals surface area contributed by atoms with Gasteiger partial charge in [0, 0.05) is 25.0 Å². The number of hydrogen-bond acceptors (Lipinski definition) is 5. The first-order valence-corrected chi connectivity index (χ1v) is 6.73. The molecule has 2 aromatic heterocycles. The third-order valence-corrected chi connectivity index (χ3v) is 2.85. The Bertz CT molecular complexity index is 681. The maximum Gasteiger partial charge on any atom is 0.433 e. The Hall–Kier alpha value is -2.49. The number of alkyl halides is 3. The van der Waals surface area contributed by atoms with Crippen LogP contribution in [-0.4, -0.2) is 27.2 Å². The van der Waals surface area contributed by atoms with Crippen molar-refractivity contribution in [3.05, 3.63) is 41.9 Å². The van der Waals surface area contributed by atoms with E-state index in [0.717, 1.165) is 5.56 Å². The summed E-state index contributed by atoms with van der Waals surface area (Å²) in [6.07, 6.45) is -1.35. The van der Waals surface area contributed by atoms with Crippen LogP contribution in [0, 0.1) is 0 Å². The van der Waals surface area contributed by atoms with E-state index in [0.29, 0.717) is 12.6 Å². The van der Waals surface area contributed by atoms with E-state index >= 15 is 0 Å². The SMILES string of the molecule is COc1cc(C(F)(F)F)nc(NC(=S)NCc2cccnc2)n1. The first-order chi connectivity index (χ1) is 10.9. The zero-order valence-corrected chi connectivity index (χ0v) is 12.7. The molecule has 0 aliphatic carbocycles. The van der Waals surface area contributed by atoms with Crippen LogP contribution in [0.15, 0.2) is 30.6 Å². The Kier molecular flexibility index (Phi) is 5.27. The number of thiocarbonyl (C=S) groups is 1. The first kappa shape index (κ1) is 16.9. The van der Waals surface area contributed by atoms with Crippen LogP contribution in [0.1, 0.15) is 11.3 Å². The number of aromatic nitrogens is 3. The number of halogens is 3. The molecular weight excluding hydrogens is 331 g/mol. The van der Waals surface area contributed by atoms with Gasteiger partial charge in [0.1, 0.15) is 0 Å². The molecule has 0 saturated heterocycles. The Morgan fingerprint density at radius 2 is 2.13 bits per heavy atom. The van der Waals surface area contributed by atoms with Crippen molar-refractivity contribution in [1.82, 2.24) is 20.3 Å². The van der Waals surface area contributed by atoms with Gasteiger partial charge in [-0.2, -0.15) is 18.2 Å². The van der Waals surface area contributed by atoms with Crippen molar-refractivity contribution < 1.29 is 17.9 Å². The molecule has 0 radical (unpaired) electrons. The van der Waals surface area contributed by atoms with Crippen molar-refractivity contribution in [2.24, 2.45) is 0 Å². The fraction of sp³-hybridized carbons (Fsp3) is 0.231. The second-order valence-electron chi connectivity index (χ2n) is 4.29. The lowest BCUT2D eigenvalue weighted by molar-refractivity contribution is -0.141. The zero-order chi connectivity index (χ0) is 16.9. The highest BCUT2D eigenvalue weighted by Gasteiger charge is 2.34. The van der Waals surface area contributed by atoms with E-state index in [1.807, 2.05) is 6.07 Å². The summed E-state index contributed by atoms with van der Waals surface area (Å²) in [5, 5.41) is 5.40. The van der Waals surface area contributed by atoms with Gasteiger partial charge in [-0.1, -0.05) is 6.07 Å². The van der Waals surface area contributed by atoms with Crippen molar-refractivity contribution >= 4 is 23.3 Å². The predicted octanol–water partition coefficient (Wildman–Crippen LogP) is 2.39. The van der Waals surface area contributed by atoms with Crippen LogP contribution in [0.3, 0.4) is 0 Å². The fourth-order valence-electron chi connectivity index (χ4n) is 1.56. The van der Waals surface area contributed by atoms with Gasteiger partial charge in [0.25, 0.3) is 0 Å². The summed E-state index contributed by atoms with van der Waals surface area (Å²) in [7, 11) is 1.21. The minimum Gasteiger partial charge on any atom is -0.481 e. The summed E-state index contributed by atoms with van der Waals surface area (Å²) in [6.45, 7) is 0.357. The highest BCUT2D eigenvalue weighted by Crippen LogP contribution is 2.30. The second kappa shape index (κ2) is 7.18. The van der Waals surface area contributed by atoms with Crippen molar-refractivity contribution in [2.45, 2.75) is 12.7 Å². The molecule has 0 aliphatic rings. The lowest BCUT2D eigenvalue weighted by Gasteiger charge is -2.12. The summed E-state index contributed by atoms with van der Waals surface area (Å²) >= 11 is 5.01. The smallest absolute Gasteiger partial charge is 0.433 e. The summed E-state index contributed by atoms with van der Waals surface area (Å²) in [6, 6.07) is 4.29. The van der Waals surface area contributed by atoms with Crippen LogP contribution < -0.4 is 15.4 Å². The van der Waals surface area contributed by atoms with Crippen LogP contribution in [0.25, 0.3) is 0 Å². The molecular formula is C13H12F3N5OS. The predicted molar refractivity (Wildman–Crippen MR) is 80.9 cm³/mol. The molecule has 0 aromatic carbocycles. The molecule has 2 N–H and O–H groups in total. The third-order valence-electron chi connectivity index (χ3n) is 2.60. The standard InChI is InChI=1S/C13H12F3N5OS/c1-22-10-5-9(13(14,15)16)19-11(20-10)21-12(23)18-7-8-3-2-4-17-6-8/h2-6H,7H2,1H3,(H2,18,19,20,21,23). The molecule has 0 unspecified atom stereocenters. The average molecular weight is 343 g/mol. The van der Waals surface area contributed by atoms with Gasteiger partial charge in [-0.25, -0.2) is 4.98 Å². The second-order valence-corrected chi connectivity index (χ2v) is 4.69. The molecule has 2 heterocycles. The molecule has 23 heavy (non-hydrogen) atoms. The molecule has 0 bridgehead atoms. The molecule has 0 saturated carbocycles. The number of nitrogens with zero attached hydrogens (tertiary/aromatic N) is 3. The minimum absolute atomic E-state index is 0.0789. The number of pyridine rings is 1. The molecule has 10 heteroatoms. The van der Waals surface area contributed by atoms with Gasteiger partial charge >= 0.3 is 6.18 Å². The van der Waals surface area contributed by atoms with Crippen LogP contribution >= 0.6 is 12.2 Å². The number of hydrogen-bond donors (Lipinski definition) is 2. The van der Waals surface area contributed by atoms with Crippen molar-refractivity contribution in [3.8, 4) is 5.88 Å². The van der Waals surface area contributed by atoms with Crippen molar-refractivity contribution in [3.63, 3.8) is 0 Å². The highest BCUT2D eigenvalue weighted by molar-refractivity contribution is 7.80. The summed E-state index contributed by atoms with van der Waals surface area (Å²) in [5.41, 5.74) is -0.263. The molecule has 122 valence electrons. The summed E-state index contributed by atoms with van der Waals surface area (Å²) in [5.74, 6) is -0.523. The normalized spacial score (nSPS) is 11.0. The zero-order valence-electron chi connectivity index (χ0n) is 11.9. The van der Waals surface area contributed by atoms with Gasteiger partial charge in [-0.05, 0) is 23.8 Å². The van der Waals surface area contributed by atoms with Gasteiger partial charge in [0.2, 0.25) is 11.8 Å². The van der Waals surface area contributed by atoms with Crippen molar-refractivity contribution in [2.75, 3.05) is 12.4 Å². The van der Waals surface area contributed by atoms with Crippen LogP contribution in [-0.2, 0) is 12.7 Å². The van der Waals surface area contributed by atoms with E-state index in [1.165, 1.54) is 7.11 Å².